The van der Waals surface area contributed by atoms with E-state index in [4.69, 9.17) is 4.84 Å². The summed E-state index contributed by atoms with van der Waals surface area (Å²) in [7, 11) is -18.8. The van der Waals surface area contributed by atoms with Crippen molar-refractivity contribution in [2.24, 2.45) is 0 Å². The van der Waals surface area contributed by atoms with Gasteiger partial charge in [-0.1, -0.05) is 43.2 Å². The molecule has 86 heavy (non-hydrogen) atoms. The van der Waals surface area contributed by atoms with Gasteiger partial charge in [-0.15, -0.1) is 5.06 Å². The van der Waals surface area contributed by atoms with E-state index in [0.717, 1.165) is 12.1 Å². The van der Waals surface area contributed by atoms with Gasteiger partial charge < -0.3 is 42.6 Å². The Bertz CT molecular complexity index is 3120. The molecule has 486 valence electrons. The quantitative estimate of drug-likeness (QED) is 0.0332. The topological polar surface area (TPSA) is 312 Å². The molecule has 0 spiro atoms. The number of rotatable bonds is 30. The number of nitrogens with one attached hydrogen (secondary N) is 3. The highest BCUT2D eigenvalue weighted by molar-refractivity contribution is 7.86. The predicted octanol–water partition coefficient (Wildman–Crippen LogP) is 3.42. The van der Waals surface area contributed by atoms with Crippen LogP contribution in [-0.2, 0) is 70.5 Å². The second-order valence-corrected chi connectivity index (χ2v) is 27.7. The van der Waals surface area contributed by atoms with Crippen LogP contribution in [0.2, 0.25) is 0 Å². The molecule has 1 fully saturated rings. The van der Waals surface area contributed by atoms with Gasteiger partial charge in [-0.05, 0) is 144 Å². The summed E-state index contributed by atoms with van der Waals surface area (Å²) < 4.78 is 143. The van der Waals surface area contributed by atoms with Gasteiger partial charge in [0.25, 0.3) is 11.8 Å². The minimum absolute atomic E-state index is 0.0296. The van der Waals surface area contributed by atoms with E-state index < -0.39 is 90.4 Å². The largest absolute Gasteiger partial charge is 0.748 e. The maximum atomic E-state index is 12.4. The number of allylic oxidation sites excluding steroid dienone is 8. The van der Waals surface area contributed by atoms with Crippen LogP contribution < -0.4 is 19.6 Å². The van der Waals surface area contributed by atoms with Crippen LogP contribution in [0.25, 0.3) is 0 Å². The molecule has 0 aromatic heterocycles. The van der Waals surface area contributed by atoms with Gasteiger partial charge in [0.2, 0.25) is 5.69 Å². The lowest BCUT2D eigenvalue weighted by atomic mass is 9.77. The van der Waals surface area contributed by atoms with Crippen LogP contribution in [0.5, 0.6) is 0 Å². The van der Waals surface area contributed by atoms with Crippen LogP contribution in [0.15, 0.2) is 94.4 Å². The van der Waals surface area contributed by atoms with Crippen LogP contribution in [0.3, 0.4) is 0 Å². The summed E-state index contributed by atoms with van der Waals surface area (Å²) in [6.45, 7) is 37.0. The maximum Gasteiger partial charge on any atom is 0.333 e. The Balaban J connectivity index is 0.00000102. The first-order valence-electron chi connectivity index (χ1n) is 30.0. The zero-order valence-electron chi connectivity index (χ0n) is 52.6. The first-order chi connectivity index (χ1) is 40.2. The Labute approximate surface area is 513 Å². The third kappa shape index (κ3) is 24.2. The lowest BCUT2D eigenvalue weighted by molar-refractivity contribution is -0.894. The van der Waals surface area contributed by atoms with Crippen molar-refractivity contribution in [3.8, 4) is 0 Å². The molecule has 2 aromatic carbocycles. The molecule has 3 N–H and O–H groups in total. The summed E-state index contributed by atoms with van der Waals surface area (Å²) in [6, 6.07) is 7.76. The average Bonchev–Trinajstić information content (AvgIpc) is 1.92. The lowest BCUT2D eigenvalue weighted by Crippen LogP contribution is -3.11. The van der Waals surface area contributed by atoms with Crippen LogP contribution >= 0.6 is 0 Å². The number of carbonyl (C=O) groups is 3. The van der Waals surface area contributed by atoms with Gasteiger partial charge in [-0.25, -0.2) is 38.5 Å². The smallest absolute Gasteiger partial charge is 0.333 e. The molecule has 0 radical (unpaired) electrons. The number of benzene rings is 2. The fourth-order valence-electron chi connectivity index (χ4n) is 10.5. The monoisotopic (exact) mass is 1280 g/mol. The van der Waals surface area contributed by atoms with E-state index in [-0.39, 0.29) is 45.2 Å². The molecule has 2 amide bonds. The molecule has 0 saturated carbocycles. The van der Waals surface area contributed by atoms with Crippen molar-refractivity contribution >= 4 is 75.3 Å². The normalized spacial score (nSPS) is 17.5. The van der Waals surface area contributed by atoms with Gasteiger partial charge in [-0.3, -0.25) is 9.59 Å². The number of amides is 2. The number of quaternary nitrogens is 3. The number of carbonyl (C=O) groups excluding carboxylic acids is 3. The molecule has 3 heterocycles. The summed E-state index contributed by atoms with van der Waals surface area (Å²) in [4.78, 5) is 46.9. The third-order valence-corrected chi connectivity index (χ3v) is 19.2. The van der Waals surface area contributed by atoms with E-state index in [0.29, 0.717) is 64.7 Å². The van der Waals surface area contributed by atoms with Crippen molar-refractivity contribution in [1.82, 2.24) is 5.06 Å². The molecule has 2 aromatic rings. The molecular weight excluding hydrogens is 1190 g/mol. The van der Waals surface area contributed by atoms with Crippen LogP contribution in [-0.4, -0.2) is 169 Å². The molecular formula is C60H96N6O16S4. The van der Waals surface area contributed by atoms with Gasteiger partial charge in [0.05, 0.1) is 94.3 Å². The molecule has 5 rings (SSSR count). The van der Waals surface area contributed by atoms with E-state index in [1.165, 1.54) is 83.2 Å². The van der Waals surface area contributed by atoms with E-state index >= 15 is 0 Å². The summed E-state index contributed by atoms with van der Waals surface area (Å²) in [5, 5.41) is 0.466. The fourth-order valence-corrected chi connectivity index (χ4v) is 12.5. The molecule has 1 saturated heterocycles. The summed E-state index contributed by atoms with van der Waals surface area (Å²) >= 11 is 0. The molecule has 0 bridgehead atoms. The Hall–Kier alpha value is -5.00. The number of anilines is 1. The molecule has 26 heteroatoms. The molecule has 3 aliphatic heterocycles. The third-order valence-electron chi connectivity index (χ3n) is 15.9. The van der Waals surface area contributed by atoms with E-state index in [9.17, 15) is 66.3 Å². The number of fused-ring (bicyclic) bond motifs is 2. The standard InChI is InChI=1S/C42H51N3O16S4.3C6H15N/c1-41(2)32-28-30(64(55,56)57)17-19-34(32)43(24-12-26-62(49,50)51)36(41)14-8-5-4-6-9-15-37-42(3,23-11-7-10-16-40(48)61-45-38(46)21-22-39(45)47)33-29-31(65(58,59)60)18-20-35(33)44(37)25-13-27-63(52,53)54;3*1-4-7(5-2)6-3/h4-6,8-9,14-15,17-20,28-29H,7,10-13,16,21-27H2,1-3H3,(H3-,49,50,51,52,53,54,55,56,57,58,59,60);3*4-6H2,1-3H3. The molecule has 22 nitrogen and oxygen atoms in total. The Kier molecular flexibility index (Phi) is 32.1. The molecule has 3 aliphatic rings. The molecule has 1 unspecified atom stereocenters. The minimum atomic E-state index is -4.90. The first kappa shape index (κ1) is 77.1. The summed E-state index contributed by atoms with van der Waals surface area (Å²) in [5.41, 5.74) is 1.33. The number of nitrogens with zero attached hydrogens (tertiary/aromatic N) is 3. The van der Waals surface area contributed by atoms with Crippen molar-refractivity contribution < 1.29 is 90.4 Å². The van der Waals surface area contributed by atoms with E-state index in [1.54, 1.807) is 80.6 Å². The highest BCUT2D eigenvalue weighted by Crippen LogP contribution is 2.51. The Morgan fingerprint density at radius 3 is 1.51 bits per heavy atom. The molecule has 0 aliphatic carbocycles. The number of imide groups is 1. The average molecular weight is 1290 g/mol. The van der Waals surface area contributed by atoms with Crippen LogP contribution in [0.1, 0.15) is 152 Å². The van der Waals surface area contributed by atoms with Crippen molar-refractivity contribution in [1.29, 1.82) is 0 Å². The highest BCUT2D eigenvalue weighted by Gasteiger charge is 2.45. The summed E-state index contributed by atoms with van der Waals surface area (Å²) in [5.74, 6) is -3.29. The number of hydrogen-bond donors (Lipinski definition) is 3. The van der Waals surface area contributed by atoms with Gasteiger partial charge in [0.15, 0.2) is 5.71 Å². The summed E-state index contributed by atoms with van der Waals surface area (Å²) in [6.07, 6.45) is 13.0. The number of hydrogen-bond acceptors (Lipinski definition) is 17. The Morgan fingerprint density at radius 1 is 0.593 bits per heavy atom. The second kappa shape index (κ2) is 35.9. The van der Waals surface area contributed by atoms with Gasteiger partial charge >= 0.3 is 5.97 Å². The van der Waals surface area contributed by atoms with Gasteiger partial charge in [-0.2, -0.15) is 4.58 Å². The fraction of sp³-hybridized carbons (Fsp3) is 0.600. The molecule has 1 atom stereocenters. The minimum Gasteiger partial charge on any atom is -0.748 e. The lowest BCUT2D eigenvalue weighted by Gasteiger charge is -2.31. The zero-order valence-corrected chi connectivity index (χ0v) is 55.8. The van der Waals surface area contributed by atoms with E-state index in [1.807, 2.05) is 6.92 Å². The van der Waals surface area contributed by atoms with Crippen molar-refractivity contribution in [3.63, 3.8) is 0 Å². The van der Waals surface area contributed by atoms with Crippen molar-refractivity contribution in [2.75, 3.05) is 88.4 Å². The van der Waals surface area contributed by atoms with E-state index in [2.05, 4.69) is 62.3 Å². The van der Waals surface area contributed by atoms with Crippen molar-refractivity contribution in [2.45, 2.75) is 161 Å². The second-order valence-electron chi connectivity index (χ2n) is 21.9. The highest BCUT2D eigenvalue weighted by atomic mass is 32.2. The zero-order chi connectivity index (χ0) is 65.3. The van der Waals surface area contributed by atoms with Crippen LogP contribution in [0, 0.1) is 0 Å². The van der Waals surface area contributed by atoms with Crippen molar-refractivity contribution in [3.05, 3.63) is 95.8 Å². The van der Waals surface area contributed by atoms with Gasteiger partial charge in [0.1, 0.15) is 26.8 Å². The maximum absolute atomic E-state index is 12.4. The Morgan fingerprint density at radius 2 is 1.05 bits per heavy atom. The van der Waals surface area contributed by atoms with Crippen LogP contribution in [0.4, 0.5) is 11.4 Å². The number of hydroxylamine groups is 2. The SMILES string of the molecule is CC1(C)C(/C=C/C=C/C=C/C=C2\N(CCCS(=O)(=O)[O-])c3ccc(S(=O)(=O)[O-])cc3C2(C)CCCCCC(=O)ON2C(=O)CCC2=O)=[N+](CCCS(=O)(=O)[O-])c2ccc(S(=O)(=O)[O-])cc21.CC[NH+](CC)CC.CC[NH+](CC)CC.CC[NH+](CC)CC. The first-order valence-corrected chi connectivity index (χ1v) is 35.9. The predicted molar refractivity (Wildman–Crippen MR) is 328 cm³/mol. The number of unbranched alkanes of at least 4 members (excludes halogenated alkanes) is 2. The van der Waals surface area contributed by atoms with Gasteiger partial charge in [0, 0.05) is 78.2 Å².